The maximum atomic E-state index is 13.0. The number of esters is 1. The Hall–Kier alpha value is -3.91. The van der Waals surface area contributed by atoms with Crippen LogP contribution in [0, 0.1) is 10.1 Å². The Balaban J connectivity index is 1.46. The molecule has 0 saturated heterocycles. The van der Waals surface area contributed by atoms with Crippen molar-refractivity contribution in [3.63, 3.8) is 0 Å². The zero-order chi connectivity index (χ0) is 21.8. The molecule has 0 bridgehead atoms. The monoisotopic (exact) mass is 432 g/mol. The van der Waals surface area contributed by atoms with Crippen LogP contribution in [0.4, 0.5) is 17.1 Å². The van der Waals surface area contributed by atoms with Crippen molar-refractivity contribution < 1.29 is 19.2 Å². The number of ether oxygens (including phenoxy) is 1. The summed E-state index contributed by atoms with van der Waals surface area (Å²) in [6, 6.07) is 20.9. The summed E-state index contributed by atoms with van der Waals surface area (Å²) in [5.74, 6) is -1.09. The number of benzene rings is 3. The number of nitro groups is 1. The normalized spacial score (nSPS) is 12.2. The van der Waals surface area contributed by atoms with Crippen LogP contribution in [0.2, 0.25) is 0 Å². The maximum absolute atomic E-state index is 13.0. The van der Waals surface area contributed by atoms with E-state index in [0.717, 1.165) is 27.2 Å². The second-order valence-electron chi connectivity index (χ2n) is 6.56. The van der Waals surface area contributed by atoms with Gasteiger partial charge in [0.2, 0.25) is 0 Å². The third kappa shape index (κ3) is 4.49. The van der Waals surface area contributed by atoms with E-state index in [1.54, 1.807) is 22.7 Å². The van der Waals surface area contributed by atoms with Crippen LogP contribution in [-0.2, 0) is 14.3 Å². The topological polar surface area (TPSA) is 89.7 Å². The summed E-state index contributed by atoms with van der Waals surface area (Å²) in [5.41, 5.74) is 1.87. The lowest BCUT2D eigenvalue weighted by Crippen LogP contribution is -2.32. The number of nitro benzene ring substituents is 1. The zero-order valence-electron chi connectivity index (χ0n) is 16.1. The van der Waals surface area contributed by atoms with Crippen molar-refractivity contribution in [2.45, 2.75) is 9.79 Å². The summed E-state index contributed by atoms with van der Waals surface area (Å²) in [7, 11) is 0. The summed E-state index contributed by atoms with van der Waals surface area (Å²) < 4.78 is 5.13. The van der Waals surface area contributed by atoms with Gasteiger partial charge in [0.1, 0.15) is 0 Å². The van der Waals surface area contributed by atoms with Gasteiger partial charge < -0.3 is 4.74 Å². The van der Waals surface area contributed by atoms with Gasteiger partial charge in [0, 0.05) is 28.0 Å². The quantitative estimate of drug-likeness (QED) is 0.244. The third-order valence-electron chi connectivity index (χ3n) is 4.51. The van der Waals surface area contributed by atoms with Gasteiger partial charge in [0.15, 0.2) is 6.61 Å². The van der Waals surface area contributed by atoms with Crippen LogP contribution in [-0.4, -0.2) is 23.4 Å². The Labute approximate surface area is 182 Å². The highest BCUT2D eigenvalue weighted by Crippen LogP contribution is 2.47. The Morgan fingerprint density at radius 1 is 0.968 bits per heavy atom. The van der Waals surface area contributed by atoms with E-state index in [9.17, 15) is 19.7 Å². The van der Waals surface area contributed by atoms with E-state index in [2.05, 4.69) is 0 Å². The van der Waals surface area contributed by atoms with E-state index in [4.69, 9.17) is 4.74 Å². The van der Waals surface area contributed by atoms with Gasteiger partial charge >= 0.3 is 5.97 Å². The molecule has 0 atom stereocenters. The molecule has 1 heterocycles. The van der Waals surface area contributed by atoms with E-state index >= 15 is 0 Å². The average molecular weight is 432 g/mol. The molecule has 0 N–H and O–H groups in total. The van der Waals surface area contributed by atoms with Crippen LogP contribution in [0.5, 0.6) is 0 Å². The number of carbonyl (C=O) groups is 2. The first kappa shape index (κ1) is 20.4. The van der Waals surface area contributed by atoms with Crippen molar-refractivity contribution >= 4 is 46.8 Å². The minimum atomic E-state index is -0.715. The molecule has 0 unspecified atom stereocenters. The molecule has 3 aromatic rings. The van der Waals surface area contributed by atoms with E-state index in [1.165, 1.54) is 24.3 Å². The van der Waals surface area contributed by atoms with Crippen LogP contribution in [0.15, 0.2) is 88.7 Å². The van der Waals surface area contributed by atoms with Crippen LogP contribution >= 0.6 is 11.8 Å². The standard InChI is InChI=1S/C23H16N2O5S/c26-22(15-30-23(27)13-12-16-6-5-7-17(14-16)25(28)29)24-18-8-1-3-10-20(18)31-21-11-4-2-9-19(21)24/h1-14H,15H2/b13-12+. The average Bonchev–Trinajstić information content (AvgIpc) is 2.79. The first-order valence-corrected chi connectivity index (χ1v) is 10.1. The molecule has 0 aromatic heterocycles. The number of para-hydroxylation sites is 2. The molecule has 4 rings (SSSR count). The number of amides is 1. The van der Waals surface area contributed by atoms with Crippen LogP contribution < -0.4 is 4.90 Å². The first-order chi connectivity index (χ1) is 15.0. The number of hydrogen-bond acceptors (Lipinski definition) is 6. The van der Waals surface area contributed by atoms with Gasteiger partial charge in [-0.3, -0.25) is 19.8 Å². The fourth-order valence-electron chi connectivity index (χ4n) is 3.13. The first-order valence-electron chi connectivity index (χ1n) is 9.31. The van der Waals surface area contributed by atoms with Gasteiger partial charge in [-0.1, -0.05) is 48.2 Å². The molecule has 3 aromatic carbocycles. The number of fused-ring (bicyclic) bond motifs is 2. The SMILES string of the molecule is O=C(/C=C/c1cccc([N+](=O)[O-])c1)OCC(=O)N1c2ccccc2Sc2ccccc21. The largest absolute Gasteiger partial charge is 0.452 e. The van der Waals surface area contributed by atoms with E-state index in [1.807, 2.05) is 48.5 Å². The van der Waals surface area contributed by atoms with Crippen molar-refractivity contribution in [3.05, 3.63) is 94.6 Å². The third-order valence-corrected chi connectivity index (χ3v) is 5.64. The molecule has 0 fully saturated rings. The van der Waals surface area contributed by atoms with Crippen LogP contribution in [0.1, 0.15) is 5.56 Å². The highest BCUT2D eigenvalue weighted by atomic mass is 32.2. The predicted octanol–water partition coefficient (Wildman–Crippen LogP) is 4.98. The van der Waals surface area contributed by atoms with Crippen molar-refractivity contribution in [1.82, 2.24) is 0 Å². The van der Waals surface area contributed by atoms with Crippen molar-refractivity contribution in [3.8, 4) is 0 Å². The lowest BCUT2D eigenvalue weighted by Gasteiger charge is -2.30. The summed E-state index contributed by atoms with van der Waals surface area (Å²) in [5, 5.41) is 10.8. The Morgan fingerprint density at radius 2 is 1.61 bits per heavy atom. The summed E-state index contributed by atoms with van der Waals surface area (Å²) in [4.78, 5) is 38.8. The Bertz CT molecular complexity index is 1160. The molecular formula is C23H16N2O5S. The molecular weight excluding hydrogens is 416 g/mol. The minimum Gasteiger partial charge on any atom is -0.452 e. The van der Waals surface area contributed by atoms with Gasteiger partial charge in [-0.05, 0) is 35.9 Å². The number of nitrogens with zero attached hydrogens (tertiary/aromatic N) is 2. The summed E-state index contributed by atoms with van der Waals surface area (Å²) in [6.45, 7) is -0.439. The molecule has 1 aliphatic heterocycles. The molecule has 8 heteroatoms. The lowest BCUT2D eigenvalue weighted by molar-refractivity contribution is -0.384. The maximum Gasteiger partial charge on any atom is 0.331 e. The highest BCUT2D eigenvalue weighted by molar-refractivity contribution is 7.99. The van der Waals surface area contributed by atoms with E-state index in [0.29, 0.717) is 5.56 Å². The second-order valence-corrected chi connectivity index (χ2v) is 7.64. The fraction of sp³-hybridized carbons (Fsp3) is 0.0435. The molecule has 0 aliphatic carbocycles. The number of anilines is 2. The predicted molar refractivity (Wildman–Crippen MR) is 117 cm³/mol. The molecule has 1 aliphatic rings. The molecule has 31 heavy (non-hydrogen) atoms. The van der Waals surface area contributed by atoms with Gasteiger partial charge in [-0.15, -0.1) is 0 Å². The second kappa shape index (κ2) is 8.85. The van der Waals surface area contributed by atoms with Gasteiger partial charge in [-0.25, -0.2) is 4.79 Å². The highest BCUT2D eigenvalue weighted by Gasteiger charge is 2.28. The lowest BCUT2D eigenvalue weighted by atomic mass is 10.2. The Kier molecular flexibility index (Phi) is 5.81. The molecule has 7 nitrogen and oxygen atoms in total. The van der Waals surface area contributed by atoms with Gasteiger partial charge in [-0.2, -0.15) is 0 Å². The zero-order valence-corrected chi connectivity index (χ0v) is 17.0. The van der Waals surface area contributed by atoms with Gasteiger partial charge in [0.25, 0.3) is 11.6 Å². The molecule has 154 valence electrons. The van der Waals surface area contributed by atoms with E-state index < -0.39 is 17.5 Å². The molecule has 0 saturated carbocycles. The Morgan fingerprint density at radius 3 is 2.26 bits per heavy atom. The summed E-state index contributed by atoms with van der Waals surface area (Å²) >= 11 is 1.58. The van der Waals surface area contributed by atoms with Crippen molar-refractivity contribution in [2.75, 3.05) is 11.5 Å². The van der Waals surface area contributed by atoms with Crippen molar-refractivity contribution in [2.24, 2.45) is 0 Å². The fourth-order valence-corrected chi connectivity index (χ4v) is 4.18. The smallest absolute Gasteiger partial charge is 0.331 e. The number of carbonyl (C=O) groups excluding carboxylic acids is 2. The van der Waals surface area contributed by atoms with Crippen LogP contribution in [0.25, 0.3) is 6.08 Å². The number of hydrogen-bond donors (Lipinski definition) is 0. The number of non-ortho nitro benzene ring substituents is 1. The number of rotatable bonds is 5. The summed E-state index contributed by atoms with van der Waals surface area (Å²) in [6.07, 6.45) is 2.54. The minimum absolute atomic E-state index is 0.0778. The van der Waals surface area contributed by atoms with Crippen LogP contribution in [0.3, 0.4) is 0 Å². The van der Waals surface area contributed by atoms with E-state index in [-0.39, 0.29) is 11.6 Å². The molecule has 1 amide bonds. The molecule has 0 radical (unpaired) electrons. The van der Waals surface area contributed by atoms with Crippen molar-refractivity contribution in [1.29, 1.82) is 0 Å². The van der Waals surface area contributed by atoms with Gasteiger partial charge in [0.05, 0.1) is 16.3 Å². The molecule has 0 spiro atoms.